The molecule has 0 aliphatic heterocycles. The second-order valence-electron chi connectivity index (χ2n) is 5.16. The van der Waals surface area contributed by atoms with Gasteiger partial charge in [0, 0.05) is 0 Å². The molecule has 94 valence electrons. The summed E-state index contributed by atoms with van der Waals surface area (Å²) in [7, 11) is 0. The van der Waals surface area contributed by atoms with Crippen molar-refractivity contribution >= 4 is 6.83 Å². The molecule has 1 nitrogen and oxygen atoms in total. The van der Waals surface area contributed by atoms with Crippen LogP contribution in [0, 0.1) is 0 Å². The topological polar surface area (TPSA) is 20.2 Å². The van der Waals surface area contributed by atoms with Gasteiger partial charge in [-0.3, -0.25) is 0 Å². The van der Waals surface area contributed by atoms with E-state index < -0.39 is 6.83 Å². The Labute approximate surface area is 96.7 Å². The van der Waals surface area contributed by atoms with E-state index in [1.165, 1.54) is 12.8 Å². The number of rotatable bonds is 9. The maximum absolute atomic E-state index is 11.2. The molecule has 0 atom stereocenters. The predicted octanol–water partition coefficient (Wildman–Crippen LogP) is 4.48. The molecule has 0 radical (unpaired) electrons. The van der Waals surface area contributed by atoms with Crippen LogP contribution in [0.2, 0.25) is 0 Å². The Morgan fingerprint density at radius 2 is 1.07 bits per heavy atom. The summed E-state index contributed by atoms with van der Waals surface area (Å²) in [5, 5.41) is 0. The molecule has 1 N–H and O–H groups in total. The van der Waals surface area contributed by atoms with Crippen molar-refractivity contribution in [1.82, 2.24) is 0 Å². The Kier molecular flexibility index (Phi) is 7.04. The molecule has 2 heteroatoms. The van der Waals surface area contributed by atoms with Gasteiger partial charge in [-0.15, -0.1) is 0 Å². The summed E-state index contributed by atoms with van der Waals surface area (Å²) in [5.74, 6) is 0. The molecule has 0 heterocycles. The van der Waals surface area contributed by atoms with Crippen LogP contribution in [0.5, 0.6) is 0 Å². The fraction of sp³-hybridized carbons (Fsp3) is 1.00. The summed E-state index contributed by atoms with van der Waals surface area (Å²) in [6, 6.07) is 0. The van der Waals surface area contributed by atoms with Crippen molar-refractivity contribution < 1.29 is 4.89 Å². The van der Waals surface area contributed by atoms with Crippen molar-refractivity contribution in [2.45, 2.75) is 59.8 Å². The SMILES string of the molecule is CCCCP(O)(CCC)(CCC)CCC. The molecular weight excluding hydrogens is 203 g/mol. The second kappa shape index (κ2) is 6.86. The molecule has 0 aromatic carbocycles. The van der Waals surface area contributed by atoms with Crippen LogP contribution >= 0.6 is 6.83 Å². The zero-order valence-corrected chi connectivity index (χ0v) is 12.2. The molecule has 0 aromatic heterocycles. The summed E-state index contributed by atoms with van der Waals surface area (Å²) >= 11 is 0. The van der Waals surface area contributed by atoms with Crippen molar-refractivity contribution in [2.24, 2.45) is 0 Å². The average molecular weight is 234 g/mol. The molecule has 0 saturated heterocycles. The monoisotopic (exact) mass is 234 g/mol. The average Bonchev–Trinajstić information content (AvgIpc) is 2.16. The van der Waals surface area contributed by atoms with Gasteiger partial charge in [0.15, 0.2) is 0 Å². The van der Waals surface area contributed by atoms with E-state index in [1.54, 1.807) is 0 Å². The van der Waals surface area contributed by atoms with E-state index in [1.807, 2.05) is 0 Å². The van der Waals surface area contributed by atoms with E-state index in [0.29, 0.717) is 0 Å². The minimum atomic E-state index is -2.29. The first-order chi connectivity index (χ1) is 7.04. The first-order valence-electron chi connectivity index (χ1n) is 6.79. The zero-order valence-electron chi connectivity index (χ0n) is 11.3. The fourth-order valence-corrected chi connectivity index (χ4v) is 8.87. The minimum absolute atomic E-state index is 1.10. The Balaban J connectivity index is 4.69. The fourth-order valence-electron chi connectivity index (χ4n) is 2.96. The van der Waals surface area contributed by atoms with E-state index in [9.17, 15) is 4.89 Å². The van der Waals surface area contributed by atoms with Crippen LogP contribution in [0.25, 0.3) is 0 Å². The second-order valence-corrected chi connectivity index (χ2v) is 10.8. The van der Waals surface area contributed by atoms with Crippen LogP contribution in [0.1, 0.15) is 59.8 Å². The molecule has 0 fully saturated rings. The third kappa shape index (κ3) is 4.83. The molecule has 0 bridgehead atoms. The first-order valence-corrected chi connectivity index (χ1v) is 9.72. The quantitative estimate of drug-likeness (QED) is 0.583. The van der Waals surface area contributed by atoms with Crippen molar-refractivity contribution in [3.05, 3.63) is 0 Å². The molecular formula is C13H31OP. The Morgan fingerprint density at radius 3 is 1.33 bits per heavy atom. The molecule has 0 amide bonds. The van der Waals surface area contributed by atoms with Gasteiger partial charge in [-0.25, -0.2) is 0 Å². The number of hydrogen-bond acceptors (Lipinski definition) is 1. The van der Waals surface area contributed by atoms with Crippen molar-refractivity contribution in [2.75, 3.05) is 24.6 Å². The molecule has 0 rings (SSSR count). The maximum atomic E-state index is 11.2. The van der Waals surface area contributed by atoms with Crippen molar-refractivity contribution in [3.63, 3.8) is 0 Å². The normalized spacial score (nSPS) is 14.9. The molecule has 0 saturated carbocycles. The van der Waals surface area contributed by atoms with Gasteiger partial charge < -0.3 is 0 Å². The van der Waals surface area contributed by atoms with Crippen LogP contribution in [-0.2, 0) is 0 Å². The number of hydrogen-bond donors (Lipinski definition) is 1. The van der Waals surface area contributed by atoms with Gasteiger partial charge in [-0.1, -0.05) is 0 Å². The van der Waals surface area contributed by atoms with Gasteiger partial charge in [0.1, 0.15) is 0 Å². The van der Waals surface area contributed by atoms with E-state index in [4.69, 9.17) is 0 Å². The third-order valence-electron chi connectivity index (χ3n) is 3.48. The van der Waals surface area contributed by atoms with E-state index in [-0.39, 0.29) is 0 Å². The Morgan fingerprint density at radius 1 is 0.667 bits per heavy atom. The van der Waals surface area contributed by atoms with E-state index >= 15 is 0 Å². The van der Waals surface area contributed by atoms with Gasteiger partial charge in [-0.2, -0.15) is 0 Å². The van der Waals surface area contributed by atoms with Gasteiger partial charge in [0.2, 0.25) is 0 Å². The third-order valence-corrected chi connectivity index (χ3v) is 9.73. The standard InChI is InChI=1S/C13H31OP/c1-5-9-13-15(14,10-6-2,11-7-3)12-8-4/h14H,5-13H2,1-4H3. The number of unbranched alkanes of at least 4 members (excludes halogenated alkanes) is 1. The van der Waals surface area contributed by atoms with Crippen LogP contribution in [0.3, 0.4) is 0 Å². The summed E-state index contributed by atoms with van der Waals surface area (Å²) in [5.41, 5.74) is 0. The van der Waals surface area contributed by atoms with Crippen LogP contribution in [0.15, 0.2) is 0 Å². The Hall–Kier alpha value is 0.390. The first kappa shape index (κ1) is 15.4. The summed E-state index contributed by atoms with van der Waals surface area (Å²) in [6.07, 6.45) is 10.3. The molecule has 0 aromatic rings. The van der Waals surface area contributed by atoms with Gasteiger partial charge in [0.25, 0.3) is 0 Å². The van der Waals surface area contributed by atoms with E-state index in [2.05, 4.69) is 27.7 Å². The molecule has 0 aliphatic carbocycles. The Bertz CT molecular complexity index is 148. The van der Waals surface area contributed by atoms with Crippen LogP contribution in [-0.4, -0.2) is 29.5 Å². The zero-order chi connectivity index (χ0) is 11.8. The van der Waals surface area contributed by atoms with Gasteiger partial charge in [-0.05, 0) is 0 Å². The van der Waals surface area contributed by atoms with Crippen LogP contribution in [0.4, 0.5) is 0 Å². The molecule has 0 aliphatic rings. The van der Waals surface area contributed by atoms with Crippen molar-refractivity contribution in [1.29, 1.82) is 0 Å². The van der Waals surface area contributed by atoms with Gasteiger partial charge >= 0.3 is 96.2 Å². The van der Waals surface area contributed by atoms with E-state index in [0.717, 1.165) is 43.9 Å². The summed E-state index contributed by atoms with van der Waals surface area (Å²) in [6.45, 7) is 6.59. The van der Waals surface area contributed by atoms with Gasteiger partial charge in [0.05, 0.1) is 0 Å². The molecule has 15 heavy (non-hydrogen) atoms. The molecule has 0 unspecified atom stereocenters. The summed E-state index contributed by atoms with van der Waals surface area (Å²) in [4.78, 5) is 11.2. The predicted molar refractivity (Wildman–Crippen MR) is 74.4 cm³/mol. The van der Waals surface area contributed by atoms with Crippen molar-refractivity contribution in [3.8, 4) is 0 Å². The van der Waals surface area contributed by atoms with Crippen LogP contribution < -0.4 is 0 Å². The summed E-state index contributed by atoms with van der Waals surface area (Å²) < 4.78 is 0. The molecule has 0 spiro atoms.